The zero-order chi connectivity index (χ0) is 11.9. The molecule has 0 amide bonds. The van der Waals surface area contributed by atoms with E-state index in [0.717, 1.165) is 18.4 Å². The van der Waals surface area contributed by atoms with Gasteiger partial charge in [-0.25, -0.2) is 4.79 Å². The third-order valence-corrected chi connectivity index (χ3v) is 3.04. The van der Waals surface area contributed by atoms with Crippen molar-refractivity contribution in [1.82, 2.24) is 0 Å². The third-order valence-electron chi connectivity index (χ3n) is 3.04. The molecule has 0 radical (unpaired) electrons. The summed E-state index contributed by atoms with van der Waals surface area (Å²) < 4.78 is 5.22. The lowest BCUT2D eigenvalue weighted by Gasteiger charge is -2.12. The van der Waals surface area contributed by atoms with Crippen molar-refractivity contribution < 1.29 is 9.53 Å². The van der Waals surface area contributed by atoms with E-state index in [1.165, 1.54) is 24.8 Å². The van der Waals surface area contributed by atoms with E-state index in [2.05, 4.69) is 0 Å². The first-order valence-corrected chi connectivity index (χ1v) is 6.25. The van der Waals surface area contributed by atoms with Crippen molar-refractivity contribution >= 4 is 5.97 Å². The number of hydrogen-bond acceptors (Lipinski definition) is 2. The molecule has 1 aliphatic rings. The van der Waals surface area contributed by atoms with E-state index in [1.807, 2.05) is 30.3 Å². The lowest BCUT2D eigenvalue weighted by atomic mass is 9.95. The SMILES string of the molecule is O=C(C=C1CCCCC1)OCc1ccccc1. The molecule has 0 saturated heterocycles. The second-order valence-electron chi connectivity index (χ2n) is 4.46. The largest absolute Gasteiger partial charge is 0.458 e. The number of benzene rings is 1. The van der Waals surface area contributed by atoms with Crippen LogP contribution in [-0.4, -0.2) is 5.97 Å². The molecule has 1 saturated carbocycles. The molecule has 0 heterocycles. The molecule has 0 N–H and O–H groups in total. The first kappa shape index (κ1) is 11.9. The highest BCUT2D eigenvalue weighted by Crippen LogP contribution is 2.22. The molecule has 1 aromatic carbocycles. The minimum Gasteiger partial charge on any atom is -0.458 e. The van der Waals surface area contributed by atoms with E-state index < -0.39 is 0 Å². The van der Waals surface area contributed by atoms with Crippen LogP contribution < -0.4 is 0 Å². The predicted octanol–water partition coefficient (Wildman–Crippen LogP) is 3.62. The molecule has 0 spiro atoms. The van der Waals surface area contributed by atoms with Gasteiger partial charge in [0.2, 0.25) is 0 Å². The number of allylic oxidation sites excluding steroid dienone is 1. The Bertz CT molecular complexity index is 385. The summed E-state index contributed by atoms with van der Waals surface area (Å²) in [6.07, 6.45) is 7.50. The maximum atomic E-state index is 11.6. The van der Waals surface area contributed by atoms with Gasteiger partial charge in [-0.3, -0.25) is 0 Å². The summed E-state index contributed by atoms with van der Waals surface area (Å²) in [4.78, 5) is 11.6. The molecule has 0 unspecified atom stereocenters. The zero-order valence-corrected chi connectivity index (χ0v) is 10.0. The van der Waals surface area contributed by atoms with Crippen molar-refractivity contribution in [3.05, 3.63) is 47.5 Å². The summed E-state index contributed by atoms with van der Waals surface area (Å²) in [7, 11) is 0. The molecule has 1 aliphatic carbocycles. The highest BCUT2D eigenvalue weighted by Gasteiger charge is 2.08. The molecule has 2 nitrogen and oxygen atoms in total. The van der Waals surface area contributed by atoms with Gasteiger partial charge >= 0.3 is 5.97 Å². The van der Waals surface area contributed by atoms with Gasteiger partial charge in [0, 0.05) is 6.08 Å². The number of carbonyl (C=O) groups excluding carboxylic acids is 1. The summed E-state index contributed by atoms with van der Waals surface area (Å²) in [5, 5.41) is 0. The molecule has 0 aromatic heterocycles. The van der Waals surface area contributed by atoms with E-state index in [1.54, 1.807) is 6.08 Å². The predicted molar refractivity (Wildman–Crippen MR) is 67.4 cm³/mol. The average Bonchev–Trinajstić information content (AvgIpc) is 2.39. The Hall–Kier alpha value is -1.57. The van der Waals surface area contributed by atoms with Crippen LogP contribution in [0.1, 0.15) is 37.7 Å². The Morgan fingerprint density at radius 2 is 1.82 bits per heavy atom. The molecule has 2 rings (SSSR count). The van der Waals surface area contributed by atoms with Crippen LogP contribution in [0.4, 0.5) is 0 Å². The van der Waals surface area contributed by atoms with Crippen molar-refractivity contribution in [3.63, 3.8) is 0 Å². The average molecular weight is 230 g/mol. The Morgan fingerprint density at radius 1 is 1.12 bits per heavy atom. The summed E-state index contributed by atoms with van der Waals surface area (Å²) in [5.41, 5.74) is 2.28. The number of hydrogen-bond donors (Lipinski definition) is 0. The van der Waals surface area contributed by atoms with Crippen LogP contribution in [0, 0.1) is 0 Å². The van der Waals surface area contributed by atoms with Gasteiger partial charge in [-0.1, -0.05) is 42.3 Å². The maximum absolute atomic E-state index is 11.6. The Kier molecular flexibility index (Phi) is 4.37. The number of esters is 1. The van der Waals surface area contributed by atoms with Gasteiger partial charge in [0.15, 0.2) is 0 Å². The summed E-state index contributed by atoms with van der Waals surface area (Å²) >= 11 is 0. The van der Waals surface area contributed by atoms with Gasteiger partial charge in [-0.2, -0.15) is 0 Å². The first-order valence-electron chi connectivity index (χ1n) is 6.25. The molecule has 90 valence electrons. The zero-order valence-electron chi connectivity index (χ0n) is 10.0. The molecule has 1 fully saturated rings. The standard InChI is InChI=1S/C15H18O2/c16-15(11-13-7-3-1-4-8-13)17-12-14-9-5-2-6-10-14/h2,5-6,9-11H,1,3-4,7-8,12H2. The van der Waals surface area contributed by atoms with E-state index >= 15 is 0 Å². The number of ether oxygens (including phenoxy) is 1. The number of rotatable bonds is 3. The third kappa shape index (κ3) is 4.06. The van der Waals surface area contributed by atoms with Gasteiger partial charge in [0.25, 0.3) is 0 Å². The van der Waals surface area contributed by atoms with Gasteiger partial charge in [-0.05, 0) is 31.2 Å². The summed E-state index contributed by atoms with van der Waals surface area (Å²) in [5.74, 6) is -0.203. The van der Waals surface area contributed by atoms with Gasteiger partial charge < -0.3 is 4.74 Å². The normalized spacial score (nSPS) is 15.4. The van der Waals surface area contributed by atoms with Crippen LogP contribution in [-0.2, 0) is 16.1 Å². The van der Waals surface area contributed by atoms with E-state index in [0.29, 0.717) is 6.61 Å². The maximum Gasteiger partial charge on any atom is 0.331 e. The van der Waals surface area contributed by atoms with Gasteiger partial charge in [0.05, 0.1) is 0 Å². The molecule has 1 aromatic rings. The molecular weight excluding hydrogens is 212 g/mol. The monoisotopic (exact) mass is 230 g/mol. The van der Waals surface area contributed by atoms with Crippen molar-refractivity contribution in [2.24, 2.45) is 0 Å². The van der Waals surface area contributed by atoms with E-state index in [9.17, 15) is 4.79 Å². The summed E-state index contributed by atoms with van der Waals surface area (Å²) in [6.45, 7) is 0.365. The van der Waals surface area contributed by atoms with E-state index in [-0.39, 0.29) is 5.97 Å². The number of carbonyl (C=O) groups is 1. The molecule has 0 bridgehead atoms. The molecule has 0 aliphatic heterocycles. The minimum atomic E-state index is -0.203. The van der Waals surface area contributed by atoms with Crippen LogP contribution in [0.3, 0.4) is 0 Å². The highest BCUT2D eigenvalue weighted by molar-refractivity contribution is 5.82. The fourth-order valence-corrected chi connectivity index (χ4v) is 2.09. The molecule has 2 heteroatoms. The fourth-order valence-electron chi connectivity index (χ4n) is 2.09. The second-order valence-corrected chi connectivity index (χ2v) is 4.46. The van der Waals surface area contributed by atoms with Crippen LogP contribution in [0.25, 0.3) is 0 Å². The van der Waals surface area contributed by atoms with Crippen molar-refractivity contribution in [1.29, 1.82) is 0 Å². The minimum absolute atomic E-state index is 0.203. The second kappa shape index (κ2) is 6.24. The summed E-state index contributed by atoms with van der Waals surface area (Å²) in [6, 6.07) is 9.77. The molecule has 0 atom stereocenters. The van der Waals surface area contributed by atoms with Gasteiger partial charge in [0.1, 0.15) is 6.61 Å². The van der Waals surface area contributed by atoms with Crippen LogP contribution in [0.2, 0.25) is 0 Å². The van der Waals surface area contributed by atoms with Crippen LogP contribution in [0.5, 0.6) is 0 Å². The lowest BCUT2D eigenvalue weighted by molar-refractivity contribution is -0.139. The van der Waals surface area contributed by atoms with Crippen molar-refractivity contribution in [2.45, 2.75) is 38.7 Å². The van der Waals surface area contributed by atoms with E-state index in [4.69, 9.17) is 4.74 Å². The smallest absolute Gasteiger partial charge is 0.331 e. The molecule has 17 heavy (non-hydrogen) atoms. The topological polar surface area (TPSA) is 26.3 Å². The quantitative estimate of drug-likeness (QED) is 0.585. The fraction of sp³-hybridized carbons (Fsp3) is 0.400. The Labute approximate surface area is 102 Å². The van der Waals surface area contributed by atoms with Crippen LogP contribution >= 0.6 is 0 Å². The van der Waals surface area contributed by atoms with Crippen LogP contribution in [0.15, 0.2) is 42.0 Å². The van der Waals surface area contributed by atoms with Gasteiger partial charge in [-0.15, -0.1) is 0 Å². The lowest BCUT2D eigenvalue weighted by Crippen LogP contribution is -2.04. The first-order chi connectivity index (χ1) is 8.34. The molecular formula is C15H18O2. The highest BCUT2D eigenvalue weighted by atomic mass is 16.5. The van der Waals surface area contributed by atoms with Crippen molar-refractivity contribution in [2.75, 3.05) is 0 Å². The van der Waals surface area contributed by atoms with Crippen molar-refractivity contribution in [3.8, 4) is 0 Å². The Morgan fingerprint density at radius 3 is 2.53 bits per heavy atom. The Balaban J connectivity index is 1.81.